The average molecular weight is 343 g/mol. The molecule has 112 valence electrons. The summed E-state index contributed by atoms with van der Waals surface area (Å²) in [4.78, 5) is 0. The highest BCUT2D eigenvalue weighted by Crippen LogP contribution is 2.31. The Morgan fingerprint density at radius 2 is 1.62 bits per heavy atom. The monoisotopic (exact) mass is 341 g/mol. The first-order chi connectivity index (χ1) is 10.1. The molecule has 1 nitrogen and oxygen atoms in total. The van der Waals surface area contributed by atoms with Crippen LogP contribution in [0.2, 0.25) is 15.1 Å². The molecule has 2 aromatic carbocycles. The normalized spacial score (nSPS) is 12.4. The molecule has 0 saturated carbocycles. The molecule has 0 amide bonds. The lowest BCUT2D eigenvalue weighted by Crippen LogP contribution is -2.17. The maximum absolute atomic E-state index is 6.18. The van der Waals surface area contributed by atoms with Crippen LogP contribution in [0.3, 0.4) is 0 Å². The second-order valence-corrected chi connectivity index (χ2v) is 6.29. The van der Waals surface area contributed by atoms with E-state index in [1.807, 2.05) is 6.07 Å². The fraction of sp³-hybridized carbons (Fsp3) is 0.294. The molecule has 0 aliphatic carbocycles. The minimum atomic E-state index is 0.518. The molecule has 1 atom stereocenters. The standard InChI is InChI=1S/C17H18Cl3N/c1-12(13-5-3-2-4-6-13)9-10-21-11-14-15(18)7-8-16(19)17(14)20/h2-8,12,21H,9-11H2,1H3. The van der Waals surface area contributed by atoms with Crippen LogP contribution in [0, 0.1) is 0 Å². The Kier molecular flexibility index (Phi) is 6.38. The van der Waals surface area contributed by atoms with Crippen LogP contribution in [-0.2, 0) is 6.54 Å². The summed E-state index contributed by atoms with van der Waals surface area (Å²) in [5.74, 6) is 0.518. The van der Waals surface area contributed by atoms with Gasteiger partial charge in [-0.25, -0.2) is 0 Å². The van der Waals surface area contributed by atoms with Crippen LogP contribution in [-0.4, -0.2) is 6.54 Å². The molecule has 2 aromatic rings. The lowest BCUT2D eigenvalue weighted by atomic mass is 9.98. The summed E-state index contributed by atoms with van der Waals surface area (Å²) in [6.45, 7) is 3.76. The molecular formula is C17H18Cl3N. The Hall–Kier alpha value is -0.730. The van der Waals surface area contributed by atoms with Crippen LogP contribution in [0.4, 0.5) is 0 Å². The van der Waals surface area contributed by atoms with Crippen molar-refractivity contribution in [2.45, 2.75) is 25.8 Å². The third kappa shape index (κ3) is 4.62. The van der Waals surface area contributed by atoms with Gasteiger partial charge in [-0.1, -0.05) is 72.1 Å². The van der Waals surface area contributed by atoms with Gasteiger partial charge in [0.05, 0.1) is 10.0 Å². The highest BCUT2D eigenvalue weighted by molar-refractivity contribution is 6.44. The summed E-state index contributed by atoms with van der Waals surface area (Å²) < 4.78 is 0. The quantitative estimate of drug-likeness (QED) is 0.506. The fourth-order valence-electron chi connectivity index (χ4n) is 2.21. The number of rotatable bonds is 6. The summed E-state index contributed by atoms with van der Waals surface area (Å²) in [5.41, 5.74) is 2.22. The predicted octanol–water partition coefficient (Wildman–Crippen LogP) is 5.93. The molecule has 0 radical (unpaired) electrons. The maximum atomic E-state index is 6.18. The van der Waals surface area contributed by atoms with Gasteiger partial charge in [0.25, 0.3) is 0 Å². The number of nitrogens with one attached hydrogen (secondary N) is 1. The molecule has 0 saturated heterocycles. The topological polar surface area (TPSA) is 12.0 Å². The number of hydrogen-bond donors (Lipinski definition) is 1. The average Bonchev–Trinajstić information content (AvgIpc) is 2.51. The summed E-state index contributed by atoms with van der Waals surface area (Å²) in [5, 5.41) is 5.10. The highest BCUT2D eigenvalue weighted by atomic mass is 35.5. The summed E-state index contributed by atoms with van der Waals surface area (Å²) >= 11 is 18.3. The van der Waals surface area contributed by atoms with Crippen LogP contribution in [0.25, 0.3) is 0 Å². The first-order valence-corrected chi connectivity index (χ1v) is 8.11. The SMILES string of the molecule is CC(CCNCc1c(Cl)ccc(Cl)c1Cl)c1ccccc1. The lowest BCUT2D eigenvalue weighted by Gasteiger charge is -2.13. The minimum absolute atomic E-state index is 0.518. The number of hydrogen-bond acceptors (Lipinski definition) is 1. The molecule has 4 heteroatoms. The lowest BCUT2D eigenvalue weighted by molar-refractivity contribution is 0.594. The molecule has 1 unspecified atom stereocenters. The summed E-state index contributed by atoms with van der Waals surface area (Å²) in [7, 11) is 0. The van der Waals surface area contributed by atoms with Crippen molar-refractivity contribution in [1.29, 1.82) is 0 Å². The van der Waals surface area contributed by atoms with Gasteiger partial charge in [0, 0.05) is 17.1 Å². The van der Waals surface area contributed by atoms with Crippen molar-refractivity contribution in [3.63, 3.8) is 0 Å². The van der Waals surface area contributed by atoms with Gasteiger partial charge >= 0.3 is 0 Å². The van der Waals surface area contributed by atoms with Gasteiger partial charge in [0.1, 0.15) is 0 Å². The van der Waals surface area contributed by atoms with Crippen LogP contribution in [0.15, 0.2) is 42.5 Å². The van der Waals surface area contributed by atoms with Crippen molar-refractivity contribution in [2.24, 2.45) is 0 Å². The predicted molar refractivity (Wildman–Crippen MR) is 92.7 cm³/mol. The van der Waals surface area contributed by atoms with Crippen LogP contribution in [0.5, 0.6) is 0 Å². The Morgan fingerprint density at radius 1 is 0.952 bits per heavy atom. The molecule has 0 heterocycles. The highest BCUT2D eigenvalue weighted by Gasteiger charge is 2.09. The van der Waals surface area contributed by atoms with Crippen molar-refractivity contribution in [3.8, 4) is 0 Å². The zero-order valence-electron chi connectivity index (χ0n) is 11.9. The third-order valence-electron chi connectivity index (χ3n) is 3.56. The van der Waals surface area contributed by atoms with Gasteiger partial charge in [0.15, 0.2) is 0 Å². The zero-order chi connectivity index (χ0) is 15.2. The molecule has 0 aliphatic rings. The van der Waals surface area contributed by atoms with E-state index in [0.717, 1.165) is 18.5 Å². The Labute approximate surface area is 141 Å². The van der Waals surface area contributed by atoms with Gasteiger partial charge in [-0.05, 0) is 36.6 Å². The number of benzene rings is 2. The fourth-order valence-corrected chi connectivity index (χ4v) is 2.89. The molecule has 1 N–H and O–H groups in total. The van der Waals surface area contributed by atoms with Gasteiger partial charge in [-0.2, -0.15) is 0 Å². The summed E-state index contributed by atoms with van der Waals surface area (Å²) in [6.07, 6.45) is 1.06. The third-order valence-corrected chi connectivity index (χ3v) is 4.76. The maximum Gasteiger partial charge on any atom is 0.0652 e. The Balaban J connectivity index is 1.84. The van der Waals surface area contributed by atoms with Gasteiger partial charge in [-0.3, -0.25) is 0 Å². The largest absolute Gasteiger partial charge is 0.313 e. The van der Waals surface area contributed by atoms with Crippen molar-refractivity contribution < 1.29 is 0 Å². The van der Waals surface area contributed by atoms with E-state index < -0.39 is 0 Å². The zero-order valence-corrected chi connectivity index (χ0v) is 14.1. The first-order valence-electron chi connectivity index (χ1n) is 6.97. The molecule has 2 rings (SSSR count). The molecule has 0 spiro atoms. The van der Waals surface area contributed by atoms with Crippen molar-refractivity contribution in [1.82, 2.24) is 5.32 Å². The first kappa shape index (κ1) is 16.6. The van der Waals surface area contributed by atoms with E-state index in [1.165, 1.54) is 5.56 Å². The minimum Gasteiger partial charge on any atom is -0.313 e. The molecule has 0 bridgehead atoms. The molecule has 21 heavy (non-hydrogen) atoms. The second kappa shape index (κ2) is 8.05. The van der Waals surface area contributed by atoms with Crippen LogP contribution in [0.1, 0.15) is 30.4 Å². The Morgan fingerprint density at radius 3 is 2.33 bits per heavy atom. The molecule has 0 aromatic heterocycles. The number of halogens is 3. The van der Waals surface area contributed by atoms with E-state index in [4.69, 9.17) is 34.8 Å². The van der Waals surface area contributed by atoms with Crippen molar-refractivity contribution in [3.05, 3.63) is 68.7 Å². The Bertz CT molecular complexity index is 584. The van der Waals surface area contributed by atoms with E-state index in [9.17, 15) is 0 Å². The van der Waals surface area contributed by atoms with Crippen LogP contribution < -0.4 is 5.32 Å². The molecular weight excluding hydrogens is 325 g/mol. The summed E-state index contributed by atoms with van der Waals surface area (Å²) in [6, 6.07) is 14.0. The van der Waals surface area contributed by atoms with Crippen molar-refractivity contribution >= 4 is 34.8 Å². The van der Waals surface area contributed by atoms with E-state index in [0.29, 0.717) is 27.5 Å². The van der Waals surface area contributed by atoms with Gasteiger partial charge in [-0.15, -0.1) is 0 Å². The van der Waals surface area contributed by atoms with E-state index in [2.05, 4.69) is 36.5 Å². The van der Waals surface area contributed by atoms with Crippen LogP contribution >= 0.6 is 34.8 Å². The van der Waals surface area contributed by atoms with E-state index >= 15 is 0 Å². The van der Waals surface area contributed by atoms with Gasteiger partial charge in [0.2, 0.25) is 0 Å². The van der Waals surface area contributed by atoms with E-state index in [-0.39, 0.29) is 0 Å². The van der Waals surface area contributed by atoms with E-state index in [1.54, 1.807) is 12.1 Å². The smallest absolute Gasteiger partial charge is 0.0652 e. The second-order valence-electron chi connectivity index (χ2n) is 5.10. The molecule has 0 fully saturated rings. The van der Waals surface area contributed by atoms with Gasteiger partial charge < -0.3 is 5.32 Å². The molecule has 0 aliphatic heterocycles. The van der Waals surface area contributed by atoms with Crippen molar-refractivity contribution in [2.75, 3.05) is 6.54 Å².